The molecule has 98 valence electrons. The van der Waals surface area contributed by atoms with Gasteiger partial charge < -0.3 is 10.2 Å². The van der Waals surface area contributed by atoms with E-state index >= 15 is 0 Å². The third-order valence-corrected chi connectivity index (χ3v) is 2.90. The topological polar surface area (TPSA) is 45.2 Å². The van der Waals surface area contributed by atoms with Crippen LogP contribution in [0.1, 0.15) is 17.3 Å². The molecule has 0 saturated carbocycles. The molecule has 4 nitrogen and oxygen atoms in total. The van der Waals surface area contributed by atoms with Crippen molar-refractivity contribution in [3.63, 3.8) is 0 Å². The molecule has 0 aliphatic carbocycles. The van der Waals surface area contributed by atoms with Gasteiger partial charge in [-0.05, 0) is 31.2 Å². The van der Waals surface area contributed by atoms with E-state index in [9.17, 15) is 4.79 Å². The summed E-state index contributed by atoms with van der Waals surface area (Å²) in [6.07, 6.45) is 1.67. The first-order valence-electron chi connectivity index (χ1n) is 6.27. The zero-order chi connectivity index (χ0) is 13.7. The van der Waals surface area contributed by atoms with Gasteiger partial charge in [0.25, 0.3) is 5.91 Å². The second kappa shape index (κ2) is 6.00. The van der Waals surface area contributed by atoms with E-state index in [4.69, 9.17) is 0 Å². The van der Waals surface area contributed by atoms with Crippen LogP contribution in [0.2, 0.25) is 0 Å². The molecule has 0 unspecified atom stereocenters. The highest BCUT2D eigenvalue weighted by Crippen LogP contribution is 2.19. The van der Waals surface area contributed by atoms with Crippen molar-refractivity contribution < 1.29 is 4.79 Å². The monoisotopic (exact) mass is 255 g/mol. The summed E-state index contributed by atoms with van der Waals surface area (Å²) >= 11 is 0. The van der Waals surface area contributed by atoms with Gasteiger partial charge in [0.2, 0.25) is 0 Å². The first-order chi connectivity index (χ1) is 9.27. The van der Waals surface area contributed by atoms with E-state index in [0.29, 0.717) is 17.9 Å². The van der Waals surface area contributed by atoms with Crippen molar-refractivity contribution in [2.75, 3.05) is 23.8 Å². The highest BCUT2D eigenvalue weighted by Gasteiger charge is 2.18. The SMILES string of the molecule is CCN(C(=O)c1cccnc1NC)c1ccccc1. The molecule has 0 aliphatic heterocycles. The van der Waals surface area contributed by atoms with Crippen LogP contribution in [0, 0.1) is 0 Å². The molecule has 0 fully saturated rings. The maximum absolute atomic E-state index is 12.6. The van der Waals surface area contributed by atoms with Crippen molar-refractivity contribution in [3.05, 3.63) is 54.2 Å². The Hall–Kier alpha value is -2.36. The minimum Gasteiger partial charge on any atom is -0.372 e. The highest BCUT2D eigenvalue weighted by atomic mass is 16.2. The van der Waals surface area contributed by atoms with Crippen molar-refractivity contribution in [2.24, 2.45) is 0 Å². The predicted molar refractivity (Wildman–Crippen MR) is 77.6 cm³/mol. The van der Waals surface area contributed by atoms with Gasteiger partial charge in [0, 0.05) is 25.5 Å². The van der Waals surface area contributed by atoms with Crippen molar-refractivity contribution in [2.45, 2.75) is 6.92 Å². The molecule has 0 saturated heterocycles. The van der Waals surface area contributed by atoms with Gasteiger partial charge >= 0.3 is 0 Å². The Balaban J connectivity index is 2.36. The summed E-state index contributed by atoms with van der Waals surface area (Å²) in [7, 11) is 1.76. The molecule has 4 heteroatoms. The van der Waals surface area contributed by atoms with E-state index in [2.05, 4.69) is 10.3 Å². The zero-order valence-electron chi connectivity index (χ0n) is 11.1. The fourth-order valence-corrected chi connectivity index (χ4v) is 1.97. The van der Waals surface area contributed by atoms with Gasteiger partial charge in [-0.1, -0.05) is 18.2 Å². The van der Waals surface area contributed by atoms with Crippen LogP contribution >= 0.6 is 0 Å². The number of hydrogen-bond acceptors (Lipinski definition) is 3. The van der Waals surface area contributed by atoms with Crippen molar-refractivity contribution in [1.29, 1.82) is 0 Å². The van der Waals surface area contributed by atoms with Crippen LogP contribution in [-0.4, -0.2) is 24.5 Å². The molecule has 1 N–H and O–H groups in total. The summed E-state index contributed by atoms with van der Waals surface area (Å²) in [5.41, 5.74) is 1.47. The van der Waals surface area contributed by atoms with E-state index in [0.717, 1.165) is 5.69 Å². The number of rotatable bonds is 4. The number of para-hydroxylation sites is 1. The summed E-state index contributed by atoms with van der Waals surface area (Å²) < 4.78 is 0. The van der Waals surface area contributed by atoms with Crippen LogP contribution in [0.15, 0.2) is 48.7 Å². The lowest BCUT2D eigenvalue weighted by atomic mass is 10.2. The largest absolute Gasteiger partial charge is 0.372 e. The molecule has 0 bridgehead atoms. The summed E-state index contributed by atoms with van der Waals surface area (Å²) in [5.74, 6) is 0.549. The van der Waals surface area contributed by atoms with Gasteiger partial charge in [0.05, 0.1) is 5.56 Å². The third-order valence-electron chi connectivity index (χ3n) is 2.90. The molecule has 2 rings (SSSR count). The van der Waals surface area contributed by atoms with Crippen LogP contribution in [-0.2, 0) is 0 Å². The first kappa shape index (κ1) is 13.1. The van der Waals surface area contributed by atoms with Gasteiger partial charge in [-0.25, -0.2) is 4.98 Å². The molecule has 1 heterocycles. The molecular formula is C15H17N3O. The lowest BCUT2D eigenvalue weighted by Crippen LogP contribution is -2.31. The number of amides is 1. The number of benzene rings is 1. The zero-order valence-corrected chi connectivity index (χ0v) is 11.1. The number of pyridine rings is 1. The molecule has 19 heavy (non-hydrogen) atoms. The molecule has 0 radical (unpaired) electrons. The number of anilines is 2. The third kappa shape index (κ3) is 2.73. The van der Waals surface area contributed by atoms with Gasteiger partial charge in [-0.3, -0.25) is 4.79 Å². The minimum atomic E-state index is -0.0499. The summed E-state index contributed by atoms with van der Waals surface area (Å²) in [5, 5.41) is 2.95. The van der Waals surface area contributed by atoms with Crippen molar-refractivity contribution in [1.82, 2.24) is 4.98 Å². The van der Waals surface area contributed by atoms with Gasteiger partial charge in [0.15, 0.2) is 0 Å². The average molecular weight is 255 g/mol. The second-order valence-corrected chi connectivity index (χ2v) is 4.03. The summed E-state index contributed by atoms with van der Waals surface area (Å²) in [6, 6.07) is 13.2. The Morgan fingerprint density at radius 2 is 1.95 bits per heavy atom. The van der Waals surface area contributed by atoms with E-state index in [1.807, 2.05) is 37.3 Å². The Labute approximate surface area is 113 Å². The van der Waals surface area contributed by atoms with Gasteiger partial charge in [-0.15, -0.1) is 0 Å². The summed E-state index contributed by atoms with van der Waals surface area (Å²) in [4.78, 5) is 18.5. The fraction of sp³-hybridized carbons (Fsp3) is 0.200. The Bertz CT molecular complexity index is 554. The van der Waals surface area contributed by atoms with Crippen LogP contribution < -0.4 is 10.2 Å². The molecule has 2 aromatic rings. The fourth-order valence-electron chi connectivity index (χ4n) is 1.97. The normalized spacial score (nSPS) is 10.0. The smallest absolute Gasteiger partial charge is 0.262 e. The number of carbonyl (C=O) groups is 1. The number of nitrogens with one attached hydrogen (secondary N) is 1. The molecule has 1 aromatic heterocycles. The van der Waals surface area contributed by atoms with E-state index < -0.39 is 0 Å². The Morgan fingerprint density at radius 3 is 2.58 bits per heavy atom. The van der Waals surface area contributed by atoms with E-state index in [1.165, 1.54) is 0 Å². The molecule has 0 spiro atoms. The summed E-state index contributed by atoms with van der Waals surface area (Å²) in [6.45, 7) is 2.57. The number of hydrogen-bond donors (Lipinski definition) is 1. The molecular weight excluding hydrogens is 238 g/mol. The van der Waals surface area contributed by atoms with Crippen molar-refractivity contribution >= 4 is 17.4 Å². The quantitative estimate of drug-likeness (QED) is 0.913. The number of aromatic nitrogens is 1. The maximum Gasteiger partial charge on any atom is 0.262 e. The average Bonchev–Trinajstić information content (AvgIpc) is 2.49. The highest BCUT2D eigenvalue weighted by molar-refractivity contribution is 6.09. The Morgan fingerprint density at radius 1 is 1.21 bits per heavy atom. The molecule has 0 aliphatic rings. The van der Waals surface area contributed by atoms with Crippen LogP contribution in [0.4, 0.5) is 11.5 Å². The van der Waals surface area contributed by atoms with Gasteiger partial charge in [0.1, 0.15) is 5.82 Å². The standard InChI is InChI=1S/C15H17N3O/c1-3-18(12-8-5-4-6-9-12)15(19)13-10-7-11-17-14(13)16-2/h4-11H,3H2,1-2H3,(H,16,17). The van der Waals surface area contributed by atoms with Gasteiger partial charge in [-0.2, -0.15) is 0 Å². The lowest BCUT2D eigenvalue weighted by molar-refractivity contribution is 0.0989. The second-order valence-electron chi connectivity index (χ2n) is 4.03. The van der Waals surface area contributed by atoms with E-state index in [1.54, 1.807) is 30.3 Å². The first-order valence-corrected chi connectivity index (χ1v) is 6.27. The minimum absolute atomic E-state index is 0.0499. The molecule has 1 amide bonds. The van der Waals surface area contributed by atoms with Crippen molar-refractivity contribution in [3.8, 4) is 0 Å². The van der Waals surface area contributed by atoms with Crippen LogP contribution in [0.3, 0.4) is 0 Å². The number of nitrogens with zero attached hydrogens (tertiary/aromatic N) is 2. The Kier molecular flexibility index (Phi) is 4.13. The van der Waals surface area contributed by atoms with Crippen LogP contribution in [0.5, 0.6) is 0 Å². The van der Waals surface area contributed by atoms with Crippen LogP contribution in [0.25, 0.3) is 0 Å². The number of carbonyl (C=O) groups excluding carboxylic acids is 1. The molecule has 0 atom stereocenters. The maximum atomic E-state index is 12.6. The molecule has 1 aromatic carbocycles. The van der Waals surface area contributed by atoms with E-state index in [-0.39, 0.29) is 5.91 Å². The predicted octanol–water partition coefficient (Wildman–Crippen LogP) is 2.79. The lowest BCUT2D eigenvalue weighted by Gasteiger charge is -2.21.